The molecule has 1 N–H and O–H groups in total. The van der Waals surface area contributed by atoms with Crippen molar-refractivity contribution in [1.29, 1.82) is 0 Å². The topological polar surface area (TPSA) is 58.6 Å². The number of piperazine rings is 1. The van der Waals surface area contributed by atoms with Crippen molar-refractivity contribution in [1.82, 2.24) is 9.62 Å². The van der Waals surface area contributed by atoms with Crippen molar-refractivity contribution < 1.29 is 13.2 Å². The third-order valence-electron chi connectivity index (χ3n) is 3.75. The van der Waals surface area contributed by atoms with Gasteiger partial charge in [0.05, 0.1) is 13.2 Å². The summed E-state index contributed by atoms with van der Waals surface area (Å²) in [5.74, 6) is 0.764. The Morgan fingerprint density at radius 3 is 2.68 bits per heavy atom. The number of methoxy groups -OCH3 is 1. The number of hydrogen-bond acceptors (Lipinski definition) is 5. The van der Waals surface area contributed by atoms with E-state index in [2.05, 4.69) is 5.32 Å². The van der Waals surface area contributed by atoms with E-state index >= 15 is 0 Å². The smallest absolute Gasteiger partial charge is 0.253 e. The van der Waals surface area contributed by atoms with E-state index in [4.69, 9.17) is 4.74 Å². The monoisotopic (exact) mass is 338 g/mol. The molecule has 1 fully saturated rings. The van der Waals surface area contributed by atoms with Gasteiger partial charge in [-0.15, -0.1) is 11.3 Å². The highest BCUT2D eigenvalue weighted by atomic mass is 32.2. The highest BCUT2D eigenvalue weighted by Gasteiger charge is 2.34. The average molecular weight is 338 g/mol. The molecule has 1 atom stereocenters. The van der Waals surface area contributed by atoms with E-state index in [-0.39, 0.29) is 6.04 Å². The molecule has 1 aliphatic heterocycles. The van der Waals surface area contributed by atoms with Gasteiger partial charge in [-0.2, -0.15) is 4.31 Å². The van der Waals surface area contributed by atoms with Gasteiger partial charge in [-0.25, -0.2) is 8.42 Å². The number of sulfonamides is 1. The van der Waals surface area contributed by atoms with Gasteiger partial charge < -0.3 is 10.1 Å². The van der Waals surface area contributed by atoms with Gasteiger partial charge in [-0.3, -0.25) is 0 Å². The lowest BCUT2D eigenvalue weighted by Gasteiger charge is -2.35. The van der Waals surface area contributed by atoms with Crippen LogP contribution in [-0.2, 0) is 10.0 Å². The summed E-state index contributed by atoms with van der Waals surface area (Å²) in [6, 6.07) is 10.8. The summed E-state index contributed by atoms with van der Waals surface area (Å²) in [6.45, 7) is 1.74. The SMILES string of the molecule is COc1ccc([C@H]2CNCCN2S(=O)(=O)c2cccs2)cc1. The Balaban J connectivity index is 1.94. The van der Waals surface area contributed by atoms with Gasteiger partial charge in [0.2, 0.25) is 0 Å². The molecule has 7 heteroatoms. The van der Waals surface area contributed by atoms with Crippen LogP contribution in [0.3, 0.4) is 0 Å². The van der Waals surface area contributed by atoms with Crippen LogP contribution in [0, 0.1) is 0 Å². The third kappa shape index (κ3) is 2.89. The number of hydrogen-bond donors (Lipinski definition) is 1. The highest BCUT2D eigenvalue weighted by Crippen LogP contribution is 2.31. The molecule has 0 spiro atoms. The third-order valence-corrected chi connectivity index (χ3v) is 7.03. The lowest BCUT2D eigenvalue weighted by Crippen LogP contribution is -2.48. The second-order valence-electron chi connectivity index (χ2n) is 5.04. The van der Waals surface area contributed by atoms with Gasteiger partial charge in [0, 0.05) is 19.6 Å². The molecule has 1 saturated heterocycles. The van der Waals surface area contributed by atoms with Crippen LogP contribution in [0.25, 0.3) is 0 Å². The fraction of sp³-hybridized carbons (Fsp3) is 0.333. The van der Waals surface area contributed by atoms with Crippen LogP contribution in [0.15, 0.2) is 46.0 Å². The summed E-state index contributed by atoms with van der Waals surface area (Å²) in [5.41, 5.74) is 0.966. The molecule has 0 unspecified atom stereocenters. The summed E-state index contributed by atoms with van der Waals surface area (Å²) in [6.07, 6.45) is 0. The van der Waals surface area contributed by atoms with Gasteiger partial charge in [0.25, 0.3) is 10.0 Å². The zero-order valence-corrected chi connectivity index (χ0v) is 13.9. The van der Waals surface area contributed by atoms with Crippen LogP contribution in [0.5, 0.6) is 5.75 Å². The summed E-state index contributed by atoms with van der Waals surface area (Å²) in [5, 5.41) is 5.06. The first-order valence-electron chi connectivity index (χ1n) is 7.03. The lowest BCUT2D eigenvalue weighted by molar-refractivity contribution is 0.272. The molecule has 0 radical (unpaired) electrons. The maximum absolute atomic E-state index is 12.8. The molecule has 0 amide bonds. The zero-order valence-electron chi connectivity index (χ0n) is 12.2. The van der Waals surface area contributed by atoms with E-state index in [0.717, 1.165) is 11.3 Å². The van der Waals surface area contributed by atoms with Gasteiger partial charge in [0.15, 0.2) is 0 Å². The van der Waals surface area contributed by atoms with Crippen molar-refractivity contribution in [2.45, 2.75) is 10.3 Å². The molecule has 3 rings (SSSR count). The summed E-state index contributed by atoms with van der Waals surface area (Å²) < 4.78 is 32.8. The predicted molar refractivity (Wildman–Crippen MR) is 86.8 cm³/mol. The van der Waals surface area contributed by atoms with Crippen molar-refractivity contribution in [3.63, 3.8) is 0 Å². The van der Waals surface area contributed by atoms with Gasteiger partial charge in [0.1, 0.15) is 9.96 Å². The van der Waals surface area contributed by atoms with E-state index < -0.39 is 10.0 Å². The first kappa shape index (κ1) is 15.5. The zero-order chi connectivity index (χ0) is 15.6. The van der Waals surface area contributed by atoms with Crippen LogP contribution >= 0.6 is 11.3 Å². The van der Waals surface area contributed by atoms with E-state index in [1.807, 2.05) is 24.3 Å². The number of benzene rings is 1. The molecule has 118 valence electrons. The standard InChI is InChI=1S/C15H18N2O3S2/c1-20-13-6-4-12(5-7-13)14-11-16-8-9-17(14)22(18,19)15-3-2-10-21-15/h2-7,10,14,16H,8-9,11H2,1H3/t14-/m1/s1. The van der Waals surface area contributed by atoms with Crippen molar-refractivity contribution >= 4 is 21.4 Å². The van der Waals surface area contributed by atoms with Crippen LogP contribution in [0.4, 0.5) is 0 Å². The van der Waals surface area contributed by atoms with Crippen LogP contribution in [0.1, 0.15) is 11.6 Å². The molecule has 0 saturated carbocycles. The molecule has 2 heterocycles. The van der Waals surface area contributed by atoms with E-state index in [1.165, 1.54) is 11.3 Å². The molecular weight excluding hydrogens is 320 g/mol. The minimum atomic E-state index is -3.45. The van der Waals surface area contributed by atoms with Gasteiger partial charge in [-0.05, 0) is 29.1 Å². The normalized spacial score (nSPS) is 20.0. The quantitative estimate of drug-likeness (QED) is 0.927. The molecule has 1 aromatic carbocycles. The molecule has 0 bridgehead atoms. The minimum Gasteiger partial charge on any atom is -0.497 e. The predicted octanol–water partition coefficient (Wildman–Crippen LogP) is 2.09. The fourth-order valence-electron chi connectivity index (χ4n) is 2.61. The highest BCUT2D eigenvalue weighted by molar-refractivity contribution is 7.91. The summed E-state index contributed by atoms with van der Waals surface area (Å²) in [4.78, 5) is 0. The average Bonchev–Trinajstić information content (AvgIpc) is 3.10. The molecular formula is C15H18N2O3S2. The Morgan fingerprint density at radius 1 is 1.27 bits per heavy atom. The maximum Gasteiger partial charge on any atom is 0.253 e. The first-order chi connectivity index (χ1) is 10.6. The Bertz CT molecular complexity index is 712. The van der Waals surface area contributed by atoms with Crippen molar-refractivity contribution in [3.8, 4) is 5.75 Å². The molecule has 2 aromatic rings. The summed E-state index contributed by atoms with van der Waals surface area (Å²) in [7, 11) is -1.84. The number of nitrogens with zero attached hydrogens (tertiary/aromatic N) is 1. The fourth-order valence-corrected chi connectivity index (χ4v) is 5.34. The second kappa shape index (κ2) is 6.37. The first-order valence-corrected chi connectivity index (χ1v) is 9.35. The Kier molecular flexibility index (Phi) is 4.49. The van der Waals surface area contributed by atoms with Gasteiger partial charge >= 0.3 is 0 Å². The van der Waals surface area contributed by atoms with Crippen LogP contribution < -0.4 is 10.1 Å². The van der Waals surface area contributed by atoms with E-state index in [9.17, 15) is 8.42 Å². The number of ether oxygens (including phenoxy) is 1. The largest absolute Gasteiger partial charge is 0.497 e. The molecule has 1 aliphatic rings. The Hall–Kier alpha value is -1.41. The minimum absolute atomic E-state index is 0.202. The number of thiophene rings is 1. The molecule has 22 heavy (non-hydrogen) atoms. The second-order valence-corrected chi connectivity index (χ2v) is 8.11. The van der Waals surface area contributed by atoms with E-state index in [0.29, 0.717) is 23.8 Å². The molecule has 1 aromatic heterocycles. The van der Waals surface area contributed by atoms with Crippen molar-refractivity contribution in [2.24, 2.45) is 0 Å². The maximum atomic E-state index is 12.8. The molecule has 5 nitrogen and oxygen atoms in total. The molecule has 0 aliphatic carbocycles. The van der Waals surface area contributed by atoms with Crippen LogP contribution in [0.2, 0.25) is 0 Å². The van der Waals surface area contributed by atoms with Gasteiger partial charge in [-0.1, -0.05) is 18.2 Å². The Morgan fingerprint density at radius 2 is 2.05 bits per heavy atom. The Labute approximate surface area is 134 Å². The van der Waals surface area contributed by atoms with Crippen molar-refractivity contribution in [2.75, 3.05) is 26.7 Å². The summed E-state index contributed by atoms with van der Waals surface area (Å²) >= 11 is 1.26. The van der Waals surface area contributed by atoms with Crippen molar-refractivity contribution in [3.05, 3.63) is 47.3 Å². The number of rotatable bonds is 4. The lowest BCUT2D eigenvalue weighted by atomic mass is 10.1. The number of nitrogens with one attached hydrogen (secondary N) is 1. The van der Waals surface area contributed by atoms with Crippen LogP contribution in [-0.4, -0.2) is 39.5 Å². The van der Waals surface area contributed by atoms with E-state index in [1.54, 1.807) is 28.9 Å².